The second kappa shape index (κ2) is 7.38. The van der Waals surface area contributed by atoms with Crippen molar-refractivity contribution in [2.24, 2.45) is 0 Å². The van der Waals surface area contributed by atoms with Gasteiger partial charge in [-0.3, -0.25) is 9.48 Å². The lowest BCUT2D eigenvalue weighted by Gasteiger charge is -1.92. The van der Waals surface area contributed by atoms with E-state index in [2.05, 4.69) is 28.0 Å². The summed E-state index contributed by atoms with van der Waals surface area (Å²) in [6.45, 7) is 4.86. The molecule has 112 valence electrons. The van der Waals surface area contributed by atoms with Gasteiger partial charge >= 0.3 is 0 Å². The number of halogens is 2. The number of aryl methyl sites for hydroxylation is 2. The minimum Gasteiger partial charge on any atom is -0.288 e. The largest absolute Gasteiger partial charge is 0.288 e. The van der Waals surface area contributed by atoms with E-state index in [4.69, 9.17) is 11.6 Å². The van der Waals surface area contributed by atoms with E-state index < -0.39 is 0 Å². The van der Waals surface area contributed by atoms with Gasteiger partial charge in [-0.1, -0.05) is 24.9 Å². The maximum atomic E-state index is 12.2. The highest BCUT2D eigenvalue weighted by Crippen LogP contribution is 2.29. The average molecular weight is 388 g/mol. The molecule has 2 heterocycles. The first-order valence-electron chi connectivity index (χ1n) is 6.78. The molecule has 0 saturated carbocycles. The molecular formula is C15H16BrClN2OS. The normalized spacial score (nSPS) is 11.4. The zero-order chi connectivity index (χ0) is 15.4. The average Bonchev–Trinajstić information content (AvgIpc) is 3.00. The van der Waals surface area contributed by atoms with Gasteiger partial charge in [-0.2, -0.15) is 5.10 Å². The quantitative estimate of drug-likeness (QED) is 0.502. The van der Waals surface area contributed by atoms with Crippen molar-refractivity contribution < 1.29 is 4.79 Å². The molecule has 0 spiro atoms. The summed E-state index contributed by atoms with van der Waals surface area (Å²) < 4.78 is 2.76. The molecule has 0 aliphatic rings. The SMILES string of the molecule is CCCc1sc(C(=O)/C=C/c2nn(CC)cc2Cl)cc1Br. The standard InChI is InChI=1S/C15H16BrClN2OS/c1-3-5-14-10(16)8-15(21-14)13(20)7-6-12-11(17)9-19(4-2)18-12/h6-9H,3-5H2,1-2H3/b7-6+. The number of aromatic nitrogens is 2. The summed E-state index contributed by atoms with van der Waals surface area (Å²) in [5.74, 6) is -0.0230. The van der Waals surface area contributed by atoms with E-state index in [0.29, 0.717) is 10.7 Å². The Labute approximate surface area is 141 Å². The summed E-state index contributed by atoms with van der Waals surface area (Å²) in [7, 11) is 0. The van der Waals surface area contributed by atoms with Gasteiger partial charge in [0.2, 0.25) is 0 Å². The van der Waals surface area contributed by atoms with Crippen LogP contribution in [0.25, 0.3) is 6.08 Å². The van der Waals surface area contributed by atoms with E-state index in [0.717, 1.165) is 28.7 Å². The number of hydrogen-bond acceptors (Lipinski definition) is 3. The van der Waals surface area contributed by atoms with Crippen LogP contribution < -0.4 is 0 Å². The van der Waals surface area contributed by atoms with Gasteiger partial charge < -0.3 is 0 Å². The molecule has 2 aromatic heterocycles. The van der Waals surface area contributed by atoms with Crippen molar-refractivity contribution in [1.29, 1.82) is 0 Å². The molecule has 0 amide bonds. The van der Waals surface area contributed by atoms with Crippen molar-refractivity contribution in [2.75, 3.05) is 0 Å². The Kier molecular flexibility index (Phi) is 5.79. The van der Waals surface area contributed by atoms with Crippen molar-refractivity contribution in [3.05, 3.63) is 43.3 Å². The molecule has 2 rings (SSSR count). The number of ketones is 1. The third-order valence-electron chi connectivity index (χ3n) is 2.94. The molecule has 3 nitrogen and oxygen atoms in total. The monoisotopic (exact) mass is 386 g/mol. The maximum Gasteiger partial charge on any atom is 0.195 e. The molecule has 0 unspecified atom stereocenters. The number of carbonyl (C=O) groups is 1. The summed E-state index contributed by atoms with van der Waals surface area (Å²) in [6, 6.07) is 1.88. The first-order valence-corrected chi connectivity index (χ1v) is 8.77. The smallest absolute Gasteiger partial charge is 0.195 e. The minimum atomic E-state index is -0.0230. The van der Waals surface area contributed by atoms with Crippen molar-refractivity contribution in [3.63, 3.8) is 0 Å². The number of thiophene rings is 1. The minimum absolute atomic E-state index is 0.0230. The van der Waals surface area contributed by atoms with Crippen LogP contribution in [0.4, 0.5) is 0 Å². The van der Waals surface area contributed by atoms with Crippen LogP contribution in [0, 0.1) is 0 Å². The van der Waals surface area contributed by atoms with Crippen LogP contribution in [-0.4, -0.2) is 15.6 Å². The van der Waals surface area contributed by atoms with E-state index in [-0.39, 0.29) is 5.78 Å². The van der Waals surface area contributed by atoms with E-state index in [1.54, 1.807) is 17.0 Å². The summed E-state index contributed by atoms with van der Waals surface area (Å²) >= 11 is 11.1. The van der Waals surface area contributed by atoms with Gasteiger partial charge in [0, 0.05) is 22.1 Å². The van der Waals surface area contributed by atoms with Crippen molar-refractivity contribution in [3.8, 4) is 0 Å². The summed E-state index contributed by atoms with van der Waals surface area (Å²) in [5, 5.41) is 4.84. The fraction of sp³-hybridized carbons (Fsp3) is 0.333. The molecular weight excluding hydrogens is 372 g/mol. The number of rotatable bonds is 6. The molecule has 21 heavy (non-hydrogen) atoms. The summed E-state index contributed by atoms with van der Waals surface area (Å²) in [6.07, 6.45) is 7.00. The molecule has 0 fully saturated rings. The highest BCUT2D eigenvalue weighted by molar-refractivity contribution is 9.10. The molecule has 0 aromatic carbocycles. The Balaban J connectivity index is 2.15. The van der Waals surface area contributed by atoms with Crippen LogP contribution in [0.2, 0.25) is 5.02 Å². The molecule has 0 radical (unpaired) electrons. The Morgan fingerprint density at radius 3 is 2.90 bits per heavy atom. The van der Waals surface area contributed by atoms with Crippen LogP contribution in [-0.2, 0) is 13.0 Å². The maximum absolute atomic E-state index is 12.2. The van der Waals surface area contributed by atoms with Gasteiger partial charge in [0.05, 0.1) is 9.90 Å². The molecule has 0 N–H and O–H groups in total. The highest BCUT2D eigenvalue weighted by Gasteiger charge is 2.11. The lowest BCUT2D eigenvalue weighted by molar-refractivity contribution is 0.105. The second-order valence-electron chi connectivity index (χ2n) is 4.55. The number of hydrogen-bond donors (Lipinski definition) is 0. The van der Waals surface area contributed by atoms with Gasteiger partial charge in [0.1, 0.15) is 5.69 Å². The van der Waals surface area contributed by atoms with E-state index in [9.17, 15) is 4.79 Å². The predicted molar refractivity (Wildman–Crippen MR) is 92.3 cm³/mol. The fourth-order valence-electron chi connectivity index (χ4n) is 1.85. The van der Waals surface area contributed by atoms with E-state index >= 15 is 0 Å². The van der Waals surface area contributed by atoms with Crippen molar-refractivity contribution in [1.82, 2.24) is 9.78 Å². The Hall–Kier alpha value is -0.910. The van der Waals surface area contributed by atoms with E-state index in [1.165, 1.54) is 22.3 Å². The molecule has 0 bridgehead atoms. The molecule has 0 aliphatic heterocycles. The molecule has 0 aliphatic carbocycles. The Morgan fingerprint density at radius 2 is 2.29 bits per heavy atom. The van der Waals surface area contributed by atoms with Gasteiger partial charge in [0.25, 0.3) is 0 Å². The molecule has 0 atom stereocenters. The number of nitrogens with zero attached hydrogens (tertiary/aromatic N) is 2. The Bertz CT molecular complexity index is 675. The summed E-state index contributed by atoms with van der Waals surface area (Å²) in [4.78, 5) is 14.1. The molecule has 0 saturated heterocycles. The molecule has 6 heteroatoms. The zero-order valence-corrected chi connectivity index (χ0v) is 15.1. The number of allylic oxidation sites excluding steroid dienone is 1. The highest BCUT2D eigenvalue weighted by atomic mass is 79.9. The molecule has 2 aromatic rings. The van der Waals surface area contributed by atoms with Crippen molar-refractivity contribution >= 4 is 50.7 Å². The van der Waals surface area contributed by atoms with E-state index in [1.807, 2.05) is 13.0 Å². The lowest BCUT2D eigenvalue weighted by Crippen LogP contribution is -1.94. The van der Waals surface area contributed by atoms with Crippen LogP contribution in [0.3, 0.4) is 0 Å². The lowest BCUT2D eigenvalue weighted by atomic mass is 10.2. The second-order valence-corrected chi connectivity index (χ2v) is 6.95. The van der Waals surface area contributed by atoms with Gasteiger partial charge in [-0.15, -0.1) is 11.3 Å². The van der Waals surface area contributed by atoms with Gasteiger partial charge in [-0.05, 0) is 47.5 Å². The predicted octanol–water partition coefficient (Wildman–Crippen LogP) is 5.23. The topological polar surface area (TPSA) is 34.9 Å². The zero-order valence-electron chi connectivity index (χ0n) is 11.9. The van der Waals surface area contributed by atoms with Crippen LogP contribution >= 0.6 is 38.9 Å². The third kappa shape index (κ3) is 4.05. The van der Waals surface area contributed by atoms with Gasteiger partial charge in [0.15, 0.2) is 5.78 Å². The summed E-state index contributed by atoms with van der Waals surface area (Å²) in [5.41, 5.74) is 0.622. The van der Waals surface area contributed by atoms with Crippen molar-refractivity contribution in [2.45, 2.75) is 33.2 Å². The third-order valence-corrected chi connectivity index (χ3v) is 5.41. The first kappa shape index (κ1) is 16.5. The van der Waals surface area contributed by atoms with Crippen LogP contribution in [0.15, 0.2) is 22.8 Å². The Morgan fingerprint density at radius 1 is 1.52 bits per heavy atom. The fourth-order valence-corrected chi connectivity index (χ4v) is 3.96. The van der Waals surface area contributed by atoms with Crippen LogP contribution in [0.5, 0.6) is 0 Å². The number of carbonyl (C=O) groups excluding carboxylic acids is 1. The van der Waals surface area contributed by atoms with Gasteiger partial charge in [-0.25, -0.2) is 0 Å². The van der Waals surface area contributed by atoms with Crippen LogP contribution in [0.1, 0.15) is 40.5 Å². The first-order chi connectivity index (χ1) is 10.0.